The molecule has 1 atom stereocenters. The zero-order chi connectivity index (χ0) is 30.9. The molecule has 2 heterocycles. The van der Waals surface area contributed by atoms with Gasteiger partial charge in [0.2, 0.25) is 17.7 Å². The van der Waals surface area contributed by atoms with Gasteiger partial charge in [-0.1, -0.05) is 42.5 Å². The molecule has 11 nitrogen and oxygen atoms in total. The van der Waals surface area contributed by atoms with Crippen LogP contribution in [0.1, 0.15) is 46.2 Å². The highest BCUT2D eigenvalue weighted by molar-refractivity contribution is 6.01. The van der Waals surface area contributed by atoms with E-state index in [1.165, 1.54) is 4.90 Å². The molecule has 0 radical (unpaired) electrons. The number of fused-ring (bicyclic) bond motifs is 1. The number of hydrogen-bond acceptors (Lipinski definition) is 6. The predicted octanol–water partition coefficient (Wildman–Crippen LogP) is 2.15. The first-order chi connectivity index (χ1) is 20.7. The Bertz CT molecular complexity index is 1450. The van der Waals surface area contributed by atoms with Gasteiger partial charge in [0.05, 0.1) is 24.2 Å². The van der Waals surface area contributed by atoms with Crippen LogP contribution < -0.4 is 15.4 Å². The lowest BCUT2D eigenvalue weighted by molar-refractivity contribution is -0.142. The van der Waals surface area contributed by atoms with Gasteiger partial charge in [0.1, 0.15) is 24.9 Å². The maximum atomic E-state index is 13.8. The van der Waals surface area contributed by atoms with Crippen molar-refractivity contribution >= 4 is 23.6 Å². The third-order valence-corrected chi connectivity index (χ3v) is 7.71. The molecule has 4 rings (SSSR count). The minimum Gasteiger partial charge on any atom is -0.491 e. The Labute approximate surface area is 252 Å². The van der Waals surface area contributed by atoms with E-state index >= 15 is 0 Å². The van der Waals surface area contributed by atoms with Gasteiger partial charge in [0.15, 0.2) is 0 Å². The van der Waals surface area contributed by atoms with Crippen molar-refractivity contribution < 1.29 is 23.9 Å². The van der Waals surface area contributed by atoms with E-state index in [0.29, 0.717) is 31.8 Å². The SMILES string of the molecule is CCN1CCOc2ccccc2C(=O)N[C@H](C(=O)NCCc2c(C)nn(C)c2C)CC(=O)N(Cc2ccccc2)CC1=O. The largest absolute Gasteiger partial charge is 0.491 e. The summed E-state index contributed by atoms with van der Waals surface area (Å²) in [6.45, 7) is 6.94. The summed E-state index contributed by atoms with van der Waals surface area (Å²) >= 11 is 0. The number of carbonyl (C=O) groups is 4. The van der Waals surface area contributed by atoms with Crippen molar-refractivity contribution in [1.29, 1.82) is 0 Å². The number of hydrogen-bond donors (Lipinski definition) is 2. The lowest BCUT2D eigenvalue weighted by Gasteiger charge is -2.29. The van der Waals surface area contributed by atoms with E-state index in [2.05, 4.69) is 15.7 Å². The number of likely N-dealkylation sites (N-methyl/N-ethyl adjacent to an activating group) is 1. The van der Waals surface area contributed by atoms with Crippen molar-refractivity contribution in [2.75, 3.05) is 32.8 Å². The maximum Gasteiger partial charge on any atom is 0.255 e. The molecule has 0 aliphatic carbocycles. The third kappa shape index (κ3) is 8.00. The lowest BCUT2D eigenvalue weighted by atomic mass is 10.1. The summed E-state index contributed by atoms with van der Waals surface area (Å²) in [6.07, 6.45) is 0.224. The Morgan fingerprint density at radius 2 is 1.74 bits per heavy atom. The van der Waals surface area contributed by atoms with E-state index in [4.69, 9.17) is 4.74 Å². The molecule has 0 spiro atoms. The molecule has 4 amide bonds. The van der Waals surface area contributed by atoms with E-state index in [0.717, 1.165) is 22.5 Å². The van der Waals surface area contributed by atoms with Crippen molar-refractivity contribution in [3.8, 4) is 5.75 Å². The molecule has 11 heteroatoms. The lowest BCUT2D eigenvalue weighted by Crippen LogP contribution is -2.51. The summed E-state index contributed by atoms with van der Waals surface area (Å²) in [7, 11) is 1.87. The molecular weight excluding hydrogens is 548 g/mol. The van der Waals surface area contributed by atoms with Gasteiger partial charge in [-0.25, -0.2) is 0 Å². The van der Waals surface area contributed by atoms with E-state index in [1.807, 2.05) is 58.2 Å². The van der Waals surface area contributed by atoms with Gasteiger partial charge in [-0.15, -0.1) is 0 Å². The maximum absolute atomic E-state index is 13.8. The number of nitrogens with one attached hydrogen (secondary N) is 2. The minimum atomic E-state index is -1.18. The van der Waals surface area contributed by atoms with Crippen LogP contribution in [0.15, 0.2) is 54.6 Å². The van der Waals surface area contributed by atoms with Crippen LogP contribution in [0.5, 0.6) is 5.75 Å². The van der Waals surface area contributed by atoms with Crippen LogP contribution in [-0.2, 0) is 34.4 Å². The van der Waals surface area contributed by atoms with Gasteiger partial charge < -0.3 is 25.2 Å². The molecule has 228 valence electrons. The molecule has 1 aliphatic heterocycles. The van der Waals surface area contributed by atoms with Crippen molar-refractivity contribution in [2.24, 2.45) is 7.05 Å². The molecule has 2 aromatic carbocycles. The van der Waals surface area contributed by atoms with E-state index in [9.17, 15) is 19.2 Å². The van der Waals surface area contributed by atoms with Crippen molar-refractivity contribution in [1.82, 2.24) is 30.2 Å². The first-order valence-electron chi connectivity index (χ1n) is 14.6. The summed E-state index contributed by atoms with van der Waals surface area (Å²) in [5.74, 6) is -1.34. The molecular formula is C32H40N6O5. The quantitative estimate of drug-likeness (QED) is 0.436. The molecule has 2 N–H and O–H groups in total. The topological polar surface area (TPSA) is 126 Å². The van der Waals surface area contributed by atoms with Crippen LogP contribution in [-0.4, -0.2) is 82.0 Å². The standard InChI is InChI=1S/C32H40N6O5/c1-5-37-17-18-43-28-14-10-9-13-26(28)31(41)34-27(32(42)33-16-15-25-22(2)35-36(4)23(25)3)19-29(39)38(21-30(37)40)20-24-11-7-6-8-12-24/h6-14,27H,5,15-21H2,1-4H3,(H,33,42)(H,34,41)/t27-/m0/s1. The number of aryl methyl sites for hydroxylation is 2. The van der Waals surface area contributed by atoms with Crippen LogP contribution in [0.2, 0.25) is 0 Å². The van der Waals surface area contributed by atoms with Crippen LogP contribution in [0.25, 0.3) is 0 Å². The van der Waals surface area contributed by atoms with E-state index in [1.54, 1.807) is 33.8 Å². The van der Waals surface area contributed by atoms with Crippen LogP contribution in [0.3, 0.4) is 0 Å². The Balaban J connectivity index is 1.61. The Kier molecular flexibility index (Phi) is 10.5. The zero-order valence-electron chi connectivity index (χ0n) is 25.3. The van der Waals surface area contributed by atoms with Crippen LogP contribution in [0, 0.1) is 13.8 Å². The number of carbonyl (C=O) groups excluding carboxylic acids is 4. The van der Waals surface area contributed by atoms with E-state index in [-0.39, 0.29) is 37.6 Å². The molecule has 0 unspecified atom stereocenters. The Hall–Kier alpha value is -4.67. The number of ether oxygens (including phenoxy) is 1. The average Bonchev–Trinajstić information content (AvgIpc) is 3.24. The summed E-state index contributed by atoms with van der Waals surface area (Å²) in [5, 5.41) is 10.1. The average molecular weight is 589 g/mol. The second kappa shape index (κ2) is 14.5. The Morgan fingerprint density at radius 3 is 2.44 bits per heavy atom. The molecule has 0 saturated heterocycles. The predicted molar refractivity (Wildman–Crippen MR) is 161 cm³/mol. The highest BCUT2D eigenvalue weighted by atomic mass is 16.5. The summed E-state index contributed by atoms with van der Waals surface area (Å²) in [4.78, 5) is 57.1. The number of benzene rings is 2. The molecule has 0 saturated carbocycles. The molecule has 1 aromatic heterocycles. The first kappa shape index (κ1) is 31.3. The van der Waals surface area contributed by atoms with Gasteiger partial charge in [-0.05, 0) is 50.5 Å². The third-order valence-electron chi connectivity index (χ3n) is 7.71. The minimum absolute atomic E-state index is 0.160. The van der Waals surface area contributed by atoms with Crippen molar-refractivity contribution in [3.05, 3.63) is 82.7 Å². The molecule has 43 heavy (non-hydrogen) atoms. The van der Waals surface area contributed by atoms with Gasteiger partial charge in [-0.3, -0.25) is 23.9 Å². The number of nitrogens with zero attached hydrogens (tertiary/aromatic N) is 4. The monoisotopic (exact) mass is 588 g/mol. The summed E-state index contributed by atoms with van der Waals surface area (Å²) in [6, 6.07) is 14.9. The number of rotatable bonds is 7. The van der Waals surface area contributed by atoms with Crippen molar-refractivity contribution in [2.45, 2.75) is 46.2 Å². The van der Waals surface area contributed by atoms with Gasteiger partial charge in [0, 0.05) is 32.4 Å². The highest BCUT2D eigenvalue weighted by Gasteiger charge is 2.30. The van der Waals surface area contributed by atoms with Crippen LogP contribution >= 0.6 is 0 Å². The van der Waals surface area contributed by atoms with Crippen LogP contribution in [0.4, 0.5) is 0 Å². The molecule has 3 aromatic rings. The fourth-order valence-electron chi connectivity index (χ4n) is 5.17. The second-order valence-corrected chi connectivity index (χ2v) is 10.6. The second-order valence-electron chi connectivity index (χ2n) is 10.6. The number of para-hydroxylation sites is 1. The molecule has 0 fully saturated rings. The number of aromatic nitrogens is 2. The highest BCUT2D eigenvalue weighted by Crippen LogP contribution is 2.19. The molecule has 0 bridgehead atoms. The normalized spacial score (nSPS) is 16.7. The van der Waals surface area contributed by atoms with Gasteiger partial charge in [0.25, 0.3) is 5.91 Å². The van der Waals surface area contributed by atoms with Gasteiger partial charge >= 0.3 is 0 Å². The van der Waals surface area contributed by atoms with Gasteiger partial charge in [-0.2, -0.15) is 5.10 Å². The summed E-state index contributed by atoms with van der Waals surface area (Å²) < 4.78 is 7.71. The fraction of sp³-hybridized carbons (Fsp3) is 0.406. The van der Waals surface area contributed by atoms with Crippen molar-refractivity contribution in [3.63, 3.8) is 0 Å². The smallest absolute Gasteiger partial charge is 0.255 e. The van der Waals surface area contributed by atoms with E-state index < -0.39 is 23.8 Å². The summed E-state index contributed by atoms with van der Waals surface area (Å²) in [5.41, 5.74) is 4.01. The first-order valence-corrected chi connectivity index (χ1v) is 14.6. The zero-order valence-corrected chi connectivity index (χ0v) is 25.3. The Morgan fingerprint density at radius 1 is 1.02 bits per heavy atom. The fourth-order valence-corrected chi connectivity index (χ4v) is 5.17. The molecule has 1 aliphatic rings. The number of amides is 4.